The minimum atomic E-state index is -1.02. The molecule has 0 aromatic heterocycles. The highest BCUT2D eigenvalue weighted by atomic mass is 16.5. The van der Waals surface area contributed by atoms with E-state index in [4.69, 9.17) is 10.00 Å². The van der Waals surface area contributed by atoms with E-state index in [0.29, 0.717) is 6.54 Å². The first kappa shape index (κ1) is 15.0. The third-order valence-electron chi connectivity index (χ3n) is 3.18. The summed E-state index contributed by atoms with van der Waals surface area (Å²) in [6, 6.07) is 5.93. The van der Waals surface area contributed by atoms with Crippen molar-refractivity contribution in [3.05, 3.63) is 28.8 Å². The van der Waals surface area contributed by atoms with E-state index in [2.05, 4.69) is 5.32 Å². The van der Waals surface area contributed by atoms with Crippen LogP contribution in [0.25, 0.3) is 0 Å². The molecule has 0 spiro atoms. The molecule has 0 radical (unpaired) electrons. The Kier molecular flexibility index (Phi) is 4.55. The molecule has 0 atom stereocenters. The van der Waals surface area contributed by atoms with Gasteiger partial charge in [-0.1, -0.05) is 6.07 Å². The Bertz CT molecular complexity index is 528. The molecular formula is C15H20N2O2. The lowest BCUT2D eigenvalue weighted by Crippen LogP contribution is -2.35. The van der Waals surface area contributed by atoms with Gasteiger partial charge < -0.3 is 10.1 Å². The highest BCUT2D eigenvalue weighted by Gasteiger charge is 2.26. The third kappa shape index (κ3) is 3.47. The monoisotopic (exact) mass is 260 g/mol. The first-order valence-corrected chi connectivity index (χ1v) is 6.15. The number of carbonyl (C=O) groups excluding carboxylic acids is 1. The largest absolute Gasteiger partial charge is 0.496 e. The molecule has 0 saturated carbocycles. The molecule has 0 heterocycles. The zero-order chi connectivity index (χ0) is 14.6. The Morgan fingerprint density at radius 1 is 1.37 bits per heavy atom. The van der Waals surface area contributed by atoms with Gasteiger partial charge in [0.25, 0.3) is 0 Å². The molecule has 0 saturated heterocycles. The average Bonchev–Trinajstić information content (AvgIpc) is 2.38. The van der Waals surface area contributed by atoms with E-state index < -0.39 is 5.41 Å². The van der Waals surface area contributed by atoms with Crippen molar-refractivity contribution in [2.75, 3.05) is 7.11 Å². The SMILES string of the molecule is COc1cc(C)c(C)cc1CNC(=O)C(C)(C)C#N. The molecule has 0 aliphatic carbocycles. The maximum absolute atomic E-state index is 11.8. The van der Waals surface area contributed by atoms with E-state index in [-0.39, 0.29) is 5.91 Å². The quantitative estimate of drug-likeness (QED) is 0.904. The summed E-state index contributed by atoms with van der Waals surface area (Å²) in [6.07, 6.45) is 0. The second-order valence-corrected chi connectivity index (χ2v) is 5.17. The van der Waals surface area contributed by atoms with E-state index >= 15 is 0 Å². The van der Waals surface area contributed by atoms with Gasteiger partial charge in [0.15, 0.2) is 0 Å². The summed E-state index contributed by atoms with van der Waals surface area (Å²) in [7, 11) is 1.61. The van der Waals surface area contributed by atoms with Crippen LogP contribution in [0.5, 0.6) is 5.75 Å². The van der Waals surface area contributed by atoms with E-state index in [1.165, 1.54) is 0 Å². The standard InChI is InChI=1S/C15H20N2O2/c1-10-6-12(13(19-5)7-11(10)2)8-17-14(18)15(3,4)9-16/h6-7H,8H2,1-5H3,(H,17,18). The van der Waals surface area contributed by atoms with Crippen molar-refractivity contribution in [1.82, 2.24) is 5.32 Å². The van der Waals surface area contributed by atoms with Crippen molar-refractivity contribution in [1.29, 1.82) is 5.26 Å². The normalized spacial score (nSPS) is 10.7. The molecule has 0 aliphatic heterocycles. The van der Waals surface area contributed by atoms with Crippen molar-refractivity contribution in [2.24, 2.45) is 5.41 Å². The fraction of sp³-hybridized carbons (Fsp3) is 0.467. The van der Waals surface area contributed by atoms with Crippen molar-refractivity contribution in [3.63, 3.8) is 0 Å². The zero-order valence-electron chi connectivity index (χ0n) is 12.1. The zero-order valence-corrected chi connectivity index (χ0v) is 12.1. The van der Waals surface area contributed by atoms with Crippen LogP contribution in [0, 0.1) is 30.6 Å². The Hall–Kier alpha value is -2.02. The molecular weight excluding hydrogens is 240 g/mol. The Labute approximate surface area is 114 Å². The van der Waals surface area contributed by atoms with Gasteiger partial charge in [0, 0.05) is 12.1 Å². The van der Waals surface area contributed by atoms with Crippen molar-refractivity contribution in [2.45, 2.75) is 34.2 Å². The number of nitriles is 1. The number of carbonyl (C=O) groups is 1. The smallest absolute Gasteiger partial charge is 0.240 e. The van der Waals surface area contributed by atoms with Crippen LogP contribution < -0.4 is 10.1 Å². The molecule has 1 rings (SSSR count). The van der Waals surface area contributed by atoms with Crippen LogP contribution in [-0.2, 0) is 11.3 Å². The average molecular weight is 260 g/mol. The van der Waals surface area contributed by atoms with Gasteiger partial charge in [0.2, 0.25) is 5.91 Å². The second kappa shape index (κ2) is 5.75. The Balaban J connectivity index is 2.87. The van der Waals surface area contributed by atoms with Crippen LogP contribution in [-0.4, -0.2) is 13.0 Å². The fourth-order valence-corrected chi connectivity index (χ4v) is 1.62. The number of aryl methyl sites for hydroxylation is 2. The number of hydrogen-bond donors (Lipinski definition) is 1. The molecule has 0 fully saturated rings. The molecule has 1 aromatic rings. The topological polar surface area (TPSA) is 62.1 Å². The molecule has 19 heavy (non-hydrogen) atoms. The molecule has 0 aliphatic rings. The van der Waals surface area contributed by atoms with Gasteiger partial charge in [-0.3, -0.25) is 4.79 Å². The van der Waals surface area contributed by atoms with Crippen molar-refractivity contribution in [3.8, 4) is 11.8 Å². The van der Waals surface area contributed by atoms with Crippen LogP contribution >= 0.6 is 0 Å². The lowest BCUT2D eigenvalue weighted by molar-refractivity contribution is -0.126. The molecule has 102 valence electrons. The number of nitrogens with zero attached hydrogens (tertiary/aromatic N) is 1. The lowest BCUT2D eigenvalue weighted by atomic mass is 9.94. The summed E-state index contributed by atoms with van der Waals surface area (Å²) in [5.74, 6) is 0.466. The van der Waals surface area contributed by atoms with E-state index in [0.717, 1.165) is 22.4 Å². The molecule has 1 aromatic carbocycles. The minimum absolute atomic E-state index is 0.282. The van der Waals surface area contributed by atoms with Gasteiger partial charge in [0.05, 0.1) is 13.2 Å². The number of benzene rings is 1. The van der Waals surface area contributed by atoms with Crippen LogP contribution in [0.15, 0.2) is 12.1 Å². The molecule has 4 nitrogen and oxygen atoms in total. The highest BCUT2D eigenvalue weighted by Crippen LogP contribution is 2.23. The summed E-state index contributed by atoms with van der Waals surface area (Å²) in [6.45, 7) is 7.58. The number of rotatable bonds is 4. The number of nitrogens with one attached hydrogen (secondary N) is 1. The van der Waals surface area contributed by atoms with Crippen LogP contribution in [0.1, 0.15) is 30.5 Å². The Morgan fingerprint density at radius 3 is 2.47 bits per heavy atom. The number of amides is 1. The fourth-order valence-electron chi connectivity index (χ4n) is 1.62. The molecule has 1 N–H and O–H groups in total. The van der Waals surface area contributed by atoms with Gasteiger partial charge in [-0.15, -0.1) is 0 Å². The lowest BCUT2D eigenvalue weighted by Gasteiger charge is -2.17. The van der Waals surface area contributed by atoms with Gasteiger partial charge >= 0.3 is 0 Å². The van der Waals surface area contributed by atoms with E-state index in [1.54, 1.807) is 21.0 Å². The predicted octanol–water partition coefficient (Wildman–Crippen LogP) is 2.48. The van der Waals surface area contributed by atoms with Crippen molar-refractivity contribution >= 4 is 5.91 Å². The van der Waals surface area contributed by atoms with Gasteiger partial charge in [-0.05, 0) is 44.9 Å². The predicted molar refractivity (Wildman–Crippen MR) is 73.7 cm³/mol. The summed E-state index contributed by atoms with van der Waals surface area (Å²) in [5.41, 5.74) is 2.18. The first-order chi connectivity index (χ1) is 8.81. The molecule has 1 amide bonds. The summed E-state index contributed by atoms with van der Waals surface area (Å²) >= 11 is 0. The van der Waals surface area contributed by atoms with Gasteiger partial charge in [0.1, 0.15) is 11.2 Å². The van der Waals surface area contributed by atoms with Gasteiger partial charge in [-0.25, -0.2) is 0 Å². The molecule has 0 unspecified atom stereocenters. The second-order valence-electron chi connectivity index (χ2n) is 5.17. The maximum Gasteiger partial charge on any atom is 0.240 e. The minimum Gasteiger partial charge on any atom is -0.496 e. The van der Waals surface area contributed by atoms with Crippen LogP contribution in [0.2, 0.25) is 0 Å². The highest BCUT2D eigenvalue weighted by molar-refractivity contribution is 5.84. The first-order valence-electron chi connectivity index (χ1n) is 6.15. The maximum atomic E-state index is 11.8. The molecule has 0 bridgehead atoms. The number of ether oxygens (including phenoxy) is 1. The van der Waals surface area contributed by atoms with E-state index in [1.807, 2.05) is 32.0 Å². The van der Waals surface area contributed by atoms with Crippen LogP contribution in [0.4, 0.5) is 0 Å². The number of methoxy groups -OCH3 is 1. The summed E-state index contributed by atoms with van der Waals surface area (Å²) in [4.78, 5) is 11.8. The summed E-state index contributed by atoms with van der Waals surface area (Å²) in [5, 5.41) is 11.7. The number of hydrogen-bond acceptors (Lipinski definition) is 3. The summed E-state index contributed by atoms with van der Waals surface area (Å²) < 4.78 is 5.31. The van der Waals surface area contributed by atoms with Gasteiger partial charge in [-0.2, -0.15) is 5.26 Å². The van der Waals surface area contributed by atoms with E-state index in [9.17, 15) is 4.79 Å². The Morgan fingerprint density at radius 2 is 1.95 bits per heavy atom. The molecule has 4 heteroatoms. The van der Waals surface area contributed by atoms with Crippen LogP contribution in [0.3, 0.4) is 0 Å². The third-order valence-corrected chi connectivity index (χ3v) is 3.18. The van der Waals surface area contributed by atoms with Crippen molar-refractivity contribution < 1.29 is 9.53 Å².